The molecule has 0 radical (unpaired) electrons. The number of amides is 4. The van der Waals surface area contributed by atoms with Crippen molar-refractivity contribution in [1.82, 2.24) is 9.80 Å². The molecule has 0 unspecified atom stereocenters. The standard InChI is InChI=1S/C45H44N2O6/c1-4-5-6-7-8-9-10-11-12-13-24-46-42(48)33-20-16-29-31-18-22-35-41-36(23-19-32(39(31)41)30-17-21-34(43(46)49)40(33)38(29)30)45(51)47(44(35)50)26-27-14-15-28(52-2)25-37(27)53-3/h14-23,25H,4-13,24,26H2,1-3H3. The molecule has 8 rings (SSSR count). The van der Waals surface area contributed by atoms with Gasteiger partial charge in [-0.05, 0) is 75.1 Å². The summed E-state index contributed by atoms with van der Waals surface area (Å²) in [5.41, 5.74) is 2.67. The van der Waals surface area contributed by atoms with E-state index in [2.05, 4.69) is 6.92 Å². The minimum absolute atomic E-state index is 0.0429. The van der Waals surface area contributed by atoms with E-state index in [0.717, 1.165) is 51.6 Å². The number of carbonyl (C=O) groups is 4. The molecule has 0 N–H and O–H groups in total. The lowest BCUT2D eigenvalue weighted by Crippen LogP contribution is -2.41. The Bertz CT molecular complexity index is 2330. The van der Waals surface area contributed by atoms with Crippen molar-refractivity contribution in [3.8, 4) is 11.5 Å². The second-order valence-electron chi connectivity index (χ2n) is 14.5. The molecule has 0 aliphatic carbocycles. The highest BCUT2D eigenvalue weighted by Gasteiger charge is 2.37. The fourth-order valence-corrected chi connectivity index (χ4v) is 8.62. The summed E-state index contributed by atoms with van der Waals surface area (Å²) in [7, 11) is 3.11. The lowest BCUT2D eigenvalue weighted by molar-refractivity contribution is 0.0586. The Balaban J connectivity index is 1.11. The average molecular weight is 709 g/mol. The van der Waals surface area contributed by atoms with Crippen LogP contribution in [0.3, 0.4) is 0 Å². The highest BCUT2D eigenvalue weighted by atomic mass is 16.5. The molecule has 8 nitrogen and oxygen atoms in total. The zero-order chi connectivity index (χ0) is 36.8. The number of benzene rings is 6. The molecule has 0 bridgehead atoms. The number of nitrogens with zero attached hydrogens (tertiary/aromatic N) is 2. The summed E-state index contributed by atoms with van der Waals surface area (Å²) in [5, 5.41) is 6.50. The number of carbonyl (C=O) groups excluding carboxylic acids is 4. The van der Waals surface area contributed by atoms with Crippen LogP contribution in [0.4, 0.5) is 0 Å². The minimum atomic E-state index is -0.376. The van der Waals surface area contributed by atoms with E-state index in [1.54, 1.807) is 44.6 Å². The van der Waals surface area contributed by atoms with Crippen molar-refractivity contribution in [1.29, 1.82) is 0 Å². The van der Waals surface area contributed by atoms with Gasteiger partial charge in [0.15, 0.2) is 0 Å². The van der Waals surface area contributed by atoms with Gasteiger partial charge in [-0.1, -0.05) is 89.0 Å². The van der Waals surface area contributed by atoms with E-state index < -0.39 is 0 Å². The van der Waals surface area contributed by atoms with Crippen LogP contribution in [0.1, 0.15) is 118 Å². The van der Waals surface area contributed by atoms with Crippen LogP contribution in [0.25, 0.3) is 43.1 Å². The molecule has 2 heterocycles. The van der Waals surface area contributed by atoms with Crippen LogP contribution in [-0.4, -0.2) is 54.2 Å². The molecule has 270 valence electrons. The zero-order valence-corrected chi connectivity index (χ0v) is 30.7. The largest absolute Gasteiger partial charge is 0.497 e. The molecule has 0 fully saturated rings. The molecule has 0 aromatic heterocycles. The van der Waals surface area contributed by atoms with Gasteiger partial charge >= 0.3 is 0 Å². The van der Waals surface area contributed by atoms with E-state index in [1.807, 2.05) is 36.4 Å². The van der Waals surface area contributed by atoms with Gasteiger partial charge in [0.1, 0.15) is 11.5 Å². The molecule has 0 saturated heterocycles. The summed E-state index contributed by atoms with van der Waals surface area (Å²) in [4.78, 5) is 58.7. The lowest BCUT2D eigenvalue weighted by Gasteiger charge is -2.30. The Kier molecular flexibility index (Phi) is 9.23. The Labute approximate surface area is 309 Å². The molecular formula is C45H44N2O6. The Morgan fingerprint density at radius 2 is 0.906 bits per heavy atom. The highest BCUT2D eigenvalue weighted by Crippen LogP contribution is 2.46. The van der Waals surface area contributed by atoms with E-state index in [1.165, 1.54) is 54.7 Å². The van der Waals surface area contributed by atoms with Gasteiger partial charge in [-0.15, -0.1) is 0 Å². The van der Waals surface area contributed by atoms with Crippen LogP contribution in [0.5, 0.6) is 11.5 Å². The molecule has 0 atom stereocenters. The number of hydrogen-bond acceptors (Lipinski definition) is 6. The van der Waals surface area contributed by atoms with Crippen LogP contribution in [0.15, 0.2) is 66.7 Å². The predicted octanol–water partition coefficient (Wildman–Crippen LogP) is 10.1. The van der Waals surface area contributed by atoms with Gasteiger partial charge in [-0.2, -0.15) is 0 Å². The van der Waals surface area contributed by atoms with E-state index in [9.17, 15) is 19.2 Å². The third kappa shape index (κ3) is 5.66. The van der Waals surface area contributed by atoms with Crippen molar-refractivity contribution in [2.24, 2.45) is 0 Å². The summed E-state index contributed by atoms with van der Waals surface area (Å²) in [6.07, 6.45) is 11.8. The van der Waals surface area contributed by atoms with Crippen molar-refractivity contribution >= 4 is 66.7 Å². The molecule has 8 heteroatoms. The van der Waals surface area contributed by atoms with Gasteiger partial charge in [0, 0.05) is 51.2 Å². The normalized spacial score (nSPS) is 14.2. The molecule has 4 amide bonds. The highest BCUT2D eigenvalue weighted by molar-refractivity contribution is 6.41. The first kappa shape index (κ1) is 34.6. The monoisotopic (exact) mass is 708 g/mol. The van der Waals surface area contributed by atoms with Gasteiger partial charge in [-0.3, -0.25) is 29.0 Å². The second-order valence-corrected chi connectivity index (χ2v) is 14.5. The number of rotatable bonds is 15. The fourth-order valence-electron chi connectivity index (χ4n) is 8.62. The third-order valence-electron chi connectivity index (χ3n) is 11.4. The van der Waals surface area contributed by atoms with Gasteiger partial charge in [0.2, 0.25) is 0 Å². The Morgan fingerprint density at radius 1 is 0.472 bits per heavy atom. The SMILES string of the molecule is CCCCCCCCCCCCN1C(=O)c2ccc3c4ccc5c6c(ccc(c7ccc(c2c37)C1=O)c64)C(=O)N(Cc1ccc(OC)cc1OC)C5=O. The maximum Gasteiger partial charge on any atom is 0.261 e. The van der Waals surface area contributed by atoms with Crippen molar-refractivity contribution in [2.45, 2.75) is 77.7 Å². The topological polar surface area (TPSA) is 93.2 Å². The quantitative estimate of drug-likeness (QED) is 0.0456. The van der Waals surface area contributed by atoms with E-state index in [4.69, 9.17) is 9.47 Å². The van der Waals surface area contributed by atoms with Crippen molar-refractivity contribution < 1.29 is 28.7 Å². The molecule has 0 saturated carbocycles. The number of hydrogen-bond donors (Lipinski definition) is 0. The van der Waals surface area contributed by atoms with Crippen molar-refractivity contribution in [2.75, 3.05) is 20.8 Å². The first-order valence-electron chi connectivity index (χ1n) is 19.0. The van der Waals surface area contributed by atoms with Crippen LogP contribution in [-0.2, 0) is 6.54 Å². The summed E-state index contributed by atoms with van der Waals surface area (Å²) >= 11 is 0. The van der Waals surface area contributed by atoms with E-state index >= 15 is 0 Å². The smallest absolute Gasteiger partial charge is 0.261 e. The Morgan fingerprint density at radius 3 is 1.34 bits per heavy atom. The van der Waals surface area contributed by atoms with E-state index in [-0.39, 0.29) is 30.2 Å². The van der Waals surface area contributed by atoms with Crippen molar-refractivity contribution in [3.05, 3.63) is 94.5 Å². The minimum Gasteiger partial charge on any atom is -0.497 e. The van der Waals surface area contributed by atoms with Crippen LogP contribution in [0.2, 0.25) is 0 Å². The summed E-state index contributed by atoms with van der Waals surface area (Å²) in [5.74, 6) is -0.109. The first-order chi connectivity index (χ1) is 25.9. The molecule has 0 spiro atoms. The predicted molar refractivity (Wildman–Crippen MR) is 209 cm³/mol. The van der Waals surface area contributed by atoms with Crippen LogP contribution >= 0.6 is 0 Å². The Hall–Kier alpha value is -5.50. The molecule has 6 aromatic rings. The lowest BCUT2D eigenvalue weighted by atomic mass is 9.82. The zero-order valence-electron chi connectivity index (χ0n) is 30.7. The first-order valence-corrected chi connectivity index (χ1v) is 19.0. The number of unbranched alkanes of at least 4 members (excludes halogenated alkanes) is 9. The van der Waals surface area contributed by atoms with Crippen LogP contribution < -0.4 is 9.47 Å². The number of methoxy groups -OCH3 is 2. The molecule has 2 aliphatic heterocycles. The van der Waals surface area contributed by atoms with Gasteiger partial charge in [0.05, 0.1) is 20.8 Å². The summed E-state index contributed by atoms with van der Waals surface area (Å²) < 4.78 is 10.9. The molecular weight excluding hydrogens is 665 g/mol. The maximum absolute atomic E-state index is 14.1. The summed E-state index contributed by atoms with van der Waals surface area (Å²) in [6.45, 7) is 2.69. The van der Waals surface area contributed by atoms with Gasteiger partial charge < -0.3 is 9.47 Å². The fraction of sp³-hybridized carbons (Fsp3) is 0.333. The molecule has 6 aromatic carbocycles. The van der Waals surface area contributed by atoms with Crippen LogP contribution in [0, 0.1) is 0 Å². The number of ether oxygens (including phenoxy) is 2. The third-order valence-corrected chi connectivity index (χ3v) is 11.4. The average Bonchev–Trinajstić information content (AvgIpc) is 3.18. The van der Waals surface area contributed by atoms with Crippen molar-refractivity contribution in [3.63, 3.8) is 0 Å². The maximum atomic E-state index is 14.1. The number of fused-ring (bicyclic) bond motifs is 2. The van der Waals surface area contributed by atoms with Gasteiger partial charge in [0.25, 0.3) is 23.6 Å². The molecule has 53 heavy (non-hydrogen) atoms. The van der Waals surface area contributed by atoms with Gasteiger partial charge in [-0.25, -0.2) is 0 Å². The number of imide groups is 2. The van der Waals surface area contributed by atoms with E-state index in [0.29, 0.717) is 56.6 Å². The molecule has 2 aliphatic rings. The second kappa shape index (κ2) is 14.1. The summed E-state index contributed by atoms with van der Waals surface area (Å²) in [6, 6.07) is 20.4.